The predicted molar refractivity (Wildman–Crippen MR) is 65.6 cm³/mol. The highest BCUT2D eigenvalue weighted by atomic mass is 16.3. The molecule has 0 heterocycles. The van der Waals surface area contributed by atoms with Gasteiger partial charge in [-0.3, -0.25) is 0 Å². The molecule has 88 valence electrons. The third-order valence-electron chi connectivity index (χ3n) is 2.03. The van der Waals surface area contributed by atoms with Crippen molar-refractivity contribution in [2.75, 3.05) is 13.1 Å². The highest BCUT2D eigenvalue weighted by molar-refractivity contribution is 5.06. The molecule has 0 saturated carbocycles. The van der Waals surface area contributed by atoms with E-state index in [1.807, 2.05) is 13.8 Å². The van der Waals surface area contributed by atoms with Gasteiger partial charge in [0.05, 0.1) is 0 Å². The van der Waals surface area contributed by atoms with E-state index in [0.29, 0.717) is 5.92 Å². The summed E-state index contributed by atoms with van der Waals surface area (Å²) in [5.74, 6) is 6.90. The molecule has 2 nitrogen and oxygen atoms in total. The maximum absolute atomic E-state index is 9.49. The lowest BCUT2D eigenvalue weighted by atomic mass is 10.1. The van der Waals surface area contributed by atoms with E-state index >= 15 is 0 Å². The topological polar surface area (TPSA) is 32.3 Å². The largest absolute Gasteiger partial charge is 0.380 e. The van der Waals surface area contributed by atoms with Gasteiger partial charge < -0.3 is 10.4 Å². The van der Waals surface area contributed by atoms with Crippen LogP contribution in [0, 0.1) is 23.7 Å². The Hall–Kier alpha value is -0.520. The molecule has 15 heavy (non-hydrogen) atoms. The van der Waals surface area contributed by atoms with Crippen molar-refractivity contribution >= 4 is 0 Å². The summed E-state index contributed by atoms with van der Waals surface area (Å²) in [6, 6.07) is 0. The highest BCUT2D eigenvalue weighted by Crippen LogP contribution is 1.96. The summed E-state index contributed by atoms with van der Waals surface area (Å²) >= 11 is 0. The van der Waals surface area contributed by atoms with E-state index < -0.39 is 6.10 Å². The normalized spacial score (nSPS) is 12.7. The Kier molecular flexibility index (Phi) is 8.46. The summed E-state index contributed by atoms with van der Waals surface area (Å²) in [6.45, 7) is 10.4. The van der Waals surface area contributed by atoms with Crippen molar-refractivity contribution in [1.29, 1.82) is 0 Å². The molecule has 0 aromatic heterocycles. The Morgan fingerprint density at radius 2 is 1.60 bits per heavy atom. The summed E-state index contributed by atoms with van der Waals surface area (Å²) in [6.07, 6.45) is 1.44. The van der Waals surface area contributed by atoms with Gasteiger partial charge in [-0.15, -0.1) is 0 Å². The zero-order valence-electron chi connectivity index (χ0n) is 10.5. The second-order valence-corrected chi connectivity index (χ2v) is 4.68. The molecule has 0 rings (SSSR count). The van der Waals surface area contributed by atoms with Crippen LogP contribution in [0.15, 0.2) is 0 Å². The molecule has 0 aromatic rings. The van der Waals surface area contributed by atoms with Gasteiger partial charge in [-0.2, -0.15) is 0 Å². The monoisotopic (exact) mass is 211 g/mol. The van der Waals surface area contributed by atoms with Crippen LogP contribution in [0.1, 0.15) is 40.5 Å². The fourth-order valence-electron chi connectivity index (χ4n) is 1.09. The van der Waals surface area contributed by atoms with E-state index in [2.05, 4.69) is 31.0 Å². The Labute approximate surface area is 94.5 Å². The molecule has 0 aromatic carbocycles. The summed E-state index contributed by atoms with van der Waals surface area (Å²) in [5.41, 5.74) is 0. The van der Waals surface area contributed by atoms with Crippen LogP contribution in [0.3, 0.4) is 0 Å². The van der Waals surface area contributed by atoms with E-state index in [-0.39, 0.29) is 0 Å². The van der Waals surface area contributed by atoms with Crippen LogP contribution in [-0.2, 0) is 0 Å². The number of rotatable bonds is 6. The number of aliphatic hydroxyl groups excluding tert-OH is 1. The first kappa shape index (κ1) is 14.5. The van der Waals surface area contributed by atoms with Crippen LogP contribution in [0.25, 0.3) is 0 Å². The lowest BCUT2D eigenvalue weighted by Crippen LogP contribution is -2.21. The molecule has 0 bridgehead atoms. The molecule has 0 amide bonds. The van der Waals surface area contributed by atoms with Crippen molar-refractivity contribution in [2.45, 2.75) is 46.6 Å². The molecule has 0 aliphatic carbocycles. The number of hydrogen-bond donors (Lipinski definition) is 2. The average molecular weight is 211 g/mol. The Bertz CT molecular complexity index is 200. The van der Waals surface area contributed by atoms with Crippen LogP contribution >= 0.6 is 0 Å². The molecule has 0 spiro atoms. The number of aliphatic hydroxyl groups is 1. The third kappa shape index (κ3) is 11.4. The molecule has 0 aliphatic heterocycles. The minimum atomic E-state index is -0.473. The molecular weight excluding hydrogens is 186 g/mol. The predicted octanol–water partition coefficient (Wildman–Crippen LogP) is 2.03. The van der Waals surface area contributed by atoms with E-state index in [1.54, 1.807) is 0 Å². The van der Waals surface area contributed by atoms with Crippen molar-refractivity contribution in [3.63, 3.8) is 0 Å². The van der Waals surface area contributed by atoms with Crippen molar-refractivity contribution in [1.82, 2.24) is 5.32 Å². The molecule has 0 radical (unpaired) electrons. The van der Waals surface area contributed by atoms with Gasteiger partial charge in [0.2, 0.25) is 0 Å². The van der Waals surface area contributed by atoms with Gasteiger partial charge in [0.15, 0.2) is 0 Å². The van der Waals surface area contributed by atoms with Crippen molar-refractivity contribution in [3.05, 3.63) is 0 Å². The van der Waals surface area contributed by atoms with Gasteiger partial charge >= 0.3 is 0 Å². The van der Waals surface area contributed by atoms with Crippen LogP contribution in [-0.4, -0.2) is 24.3 Å². The maximum Gasteiger partial charge on any atom is 0.115 e. The first-order chi connectivity index (χ1) is 7.02. The molecular formula is C13H25NO. The summed E-state index contributed by atoms with van der Waals surface area (Å²) < 4.78 is 0. The van der Waals surface area contributed by atoms with Crippen molar-refractivity contribution < 1.29 is 5.11 Å². The highest BCUT2D eigenvalue weighted by Gasteiger charge is 1.99. The van der Waals surface area contributed by atoms with Crippen molar-refractivity contribution in [2.24, 2.45) is 11.8 Å². The van der Waals surface area contributed by atoms with Gasteiger partial charge in [0.25, 0.3) is 0 Å². The van der Waals surface area contributed by atoms with Gasteiger partial charge in [0.1, 0.15) is 6.10 Å². The van der Waals surface area contributed by atoms with E-state index in [0.717, 1.165) is 25.4 Å². The fourth-order valence-corrected chi connectivity index (χ4v) is 1.09. The van der Waals surface area contributed by atoms with Gasteiger partial charge in [-0.25, -0.2) is 0 Å². The SMILES string of the molecule is CC(C)C#CC(O)CCNCCC(C)C. The molecule has 0 fully saturated rings. The summed E-state index contributed by atoms with van der Waals surface area (Å²) in [4.78, 5) is 0. The Morgan fingerprint density at radius 1 is 1.00 bits per heavy atom. The molecule has 0 aliphatic rings. The van der Waals surface area contributed by atoms with Crippen molar-refractivity contribution in [3.8, 4) is 11.8 Å². The second kappa shape index (κ2) is 8.76. The van der Waals surface area contributed by atoms with E-state index in [9.17, 15) is 5.11 Å². The Morgan fingerprint density at radius 3 is 2.13 bits per heavy atom. The van der Waals surface area contributed by atoms with E-state index in [4.69, 9.17) is 0 Å². The lowest BCUT2D eigenvalue weighted by Gasteiger charge is -2.07. The molecule has 2 N–H and O–H groups in total. The third-order valence-corrected chi connectivity index (χ3v) is 2.03. The molecule has 0 saturated heterocycles. The zero-order chi connectivity index (χ0) is 11.7. The molecule has 1 unspecified atom stereocenters. The van der Waals surface area contributed by atoms with Crippen LogP contribution in [0.4, 0.5) is 0 Å². The van der Waals surface area contributed by atoms with Gasteiger partial charge in [0, 0.05) is 5.92 Å². The quantitative estimate of drug-likeness (QED) is 0.520. The lowest BCUT2D eigenvalue weighted by molar-refractivity contribution is 0.220. The second-order valence-electron chi connectivity index (χ2n) is 4.68. The Balaban J connectivity index is 3.40. The summed E-state index contributed by atoms with van der Waals surface area (Å²) in [5, 5.41) is 12.8. The minimum Gasteiger partial charge on any atom is -0.380 e. The standard InChI is InChI=1S/C13H25NO/c1-11(2)5-6-13(15)8-10-14-9-7-12(3)4/h11-15H,7-10H2,1-4H3. The van der Waals surface area contributed by atoms with Gasteiger partial charge in [-0.1, -0.05) is 39.5 Å². The van der Waals surface area contributed by atoms with Gasteiger partial charge in [-0.05, 0) is 31.8 Å². The molecule has 2 heteroatoms. The smallest absolute Gasteiger partial charge is 0.115 e. The summed E-state index contributed by atoms with van der Waals surface area (Å²) in [7, 11) is 0. The molecule has 1 atom stereocenters. The maximum atomic E-state index is 9.49. The number of nitrogens with one attached hydrogen (secondary N) is 1. The van der Waals surface area contributed by atoms with Crippen LogP contribution < -0.4 is 5.32 Å². The fraction of sp³-hybridized carbons (Fsp3) is 0.846. The minimum absolute atomic E-state index is 0.341. The van der Waals surface area contributed by atoms with Crippen LogP contribution in [0.5, 0.6) is 0 Å². The average Bonchev–Trinajstić information content (AvgIpc) is 2.13. The first-order valence-electron chi connectivity index (χ1n) is 5.92. The van der Waals surface area contributed by atoms with Crippen LogP contribution in [0.2, 0.25) is 0 Å². The van der Waals surface area contributed by atoms with E-state index in [1.165, 1.54) is 6.42 Å². The zero-order valence-corrected chi connectivity index (χ0v) is 10.5. The first-order valence-corrected chi connectivity index (χ1v) is 5.92. The number of hydrogen-bond acceptors (Lipinski definition) is 2.